The van der Waals surface area contributed by atoms with Crippen molar-refractivity contribution < 1.29 is 38.2 Å². The smallest absolute Gasteiger partial charge is 0.408 e. The van der Waals surface area contributed by atoms with Gasteiger partial charge in [0.1, 0.15) is 25.2 Å². The molecule has 0 fully saturated rings. The first kappa shape index (κ1) is 26.9. The van der Waals surface area contributed by atoms with Crippen LogP contribution in [-0.4, -0.2) is 65.9 Å². The molecule has 0 radical (unpaired) electrons. The Morgan fingerprint density at radius 2 is 1.55 bits per heavy atom. The molecule has 13 nitrogen and oxygen atoms in total. The lowest BCUT2D eigenvalue weighted by Crippen LogP contribution is -2.58. The van der Waals surface area contributed by atoms with Crippen LogP contribution in [-0.2, 0) is 40.1 Å². The van der Waals surface area contributed by atoms with Crippen LogP contribution in [0.4, 0.5) is 4.79 Å². The summed E-state index contributed by atoms with van der Waals surface area (Å²) in [6, 6.07) is 6.62. The second kappa shape index (κ2) is 13.3. The molecule has 33 heavy (non-hydrogen) atoms. The zero-order valence-corrected chi connectivity index (χ0v) is 18.5. The Balaban J connectivity index is 2.59. The van der Waals surface area contributed by atoms with E-state index in [1.165, 1.54) is 20.8 Å². The normalized spacial score (nSPS) is 11.8. The van der Waals surface area contributed by atoms with Crippen molar-refractivity contribution in [2.24, 2.45) is 5.73 Å². The number of nitrogens with zero attached hydrogens (tertiary/aromatic N) is 1. The summed E-state index contributed by atoms with van der Waals surface area (Å²) in [6.07, 6.45) is -0.841. The van der Waals surface area contributed by atoms with Crippen molar-refractivity contribution in [3.63, 3.8) is 0 Å². The zero-order chi connectivity index (χ0) is 25.0. The summed E-state index contributed by atoms with van der Waals surface area (Å²) < 4.78 is 9.55. The van der Waals surface area contributed by atoms with Gasteiger partial charge < -0.3 is 25.8 Å². The highest BCUT2D eigenvalue weighted by atomic mass is 16.5. The highest BCUT2D eigenvalue weighted by molar-refractivity contribution is 6.32. The van der Waals surface area contributed by atoms with Gasteiger partial charge in [0.15, 0.2) is 0 Å². The molecule has 0 aliphatic heterocycles. The van der Waals surface area contributed by atoms with E-state index in [2.05, 4.69) is 15.4 Å². The standard InChI is InChI=1S/C20H27N5O8/c1-4-32-19(30)18(29)25(10-15(21)26)24-17(28)13(3)22-16(27)12(2)23-20(31)33-11-14-8-6-5-7-9-14/h5-9,12-13H,4,10-11H2,1-3H3,(H2,21,26)(H,22,27)(H,23,31)(H,24,28)/t12-,13-/m0/s1. The van der Waals surface area contributed by atoms with E-state index < -0.39 is 54.3 Å². The number of alkyl carbamates (subject to hydrolysis) is 1. The Morgan fingerprint density at radius 3 is 2.12 bits per heavy atom. The molecule has 0 aliphatic rings. The summed E-state index contributed by atoms with van der Waals surface area (Å²) in [4.78, 5) is 71.2. The summed E-state index contributed by atoms with van der Waals surface area (Å²) in [5.41, 5.74) is 7.81. The van der Waals surface area contributed by atoms with Crippen LogP contribution in [0, 0.1) is 0 Å². The number of carbonyl (C=O) groups excluding carboxylic acids is 6. The highest BCUT2D eigenvalue weighted by Gasteiger charge is 2.29. The lowest BCUT2D eigenvalue weighted by Gasteiger charge is -2.24. The molecule has 1 rings (SSSR count). The first-order chi connectivity index (χ1) is 15.5. The van der Waals surface area contributed by atoms with Gasteiger partial charge in [-0.1, -0.05) is 30.3 Å². The SMILES string of the molecule is CCOC(=O)C(=O)N(CC(N)=O)NC(=O)[C@H](C)NC(=O)[C@H](C)NC(=O)OCc1ccccc1. The summed E-state index contributed by atoms with van der Waals surface area (Å²) in [6.45, 7) is 3.22. The number of hydrazine groups is 1. The summed E-state index contributed by atoms with van der Waals surface area (Å²) in [5.74, 6) is -5.29. The molecule has 0 spiro atoms. The predicted octanol–water partition coefficient (Wildman–Crippen LogP) is -1.29. The van der Waals surface area contributed by atoms with Crippen molar-refractivity contribution in [1.82, 2.24) is 21.1 Å². The third-order valence-corrected chi connectivity index (χ3v) is 3.95. The molecule has 1 aromatic rings. The number of benzene rings is 1. The molecule has 0 aliphatic carbocycles. The number of primary amides is 1. The summed E-state index contributed by atoms with van der Waals surface area (Å²) in [7, 11) is 0. The minimum Gasteiger partial charge on any atom is -0.459 e. The Morgan fingerprint density at radius 1 is 0.939 bits per heavy atom. The van der Waals surface area contributed by atoms with Gasteiger partial charge in [-0.25, -0.2) is 14.6 Å². The number of hydrogen-bond acceptors (Lipinski definition) is 8. The quantitative estimate of drug-likeness (QED) is 0.197. The summed E-state index contributed by atoms with van der Waals surface area (Å²) in [5, 5.41) is 5.02. The molecule has 0 saturated carbocycles. The Kier molecular flexibility index (Phi) is 10.8. The molecule has 0 unspecified atom stereocenters. The number of carbonyl (C=O) groups is 6. The van der Waals surface area contributed by atoms with Gasteiger partial charge in [0.2, 0.25) is 11.8 Å². The average Bonchev–Trinajstić information content (AvgIpc) is 2.77. The minimum atomic E-state index is -1.32. The fourth-order valence-corrected chi connectivity index (χ4v) is 2.26. The first-order valence-electron chi connectivity index (χ1n) is 9.90. The molecule has 2 atom stereocenters. The molecule has 0 bridgehead atoms. The van der Waals surface area contributed by atoms with Crippen LogP contribution < -0.4 is 21.8 Å². The van der Waals surface area contributed by atoms with Gasteiger partial charge in [-0.05, 0) is 26.3 Å². The molecule has 13 heteroatoms. The first-order valence-corrected chi connectivity index (χ1v) is 9.90. The van der Waals surface area contributed by atoms with E-state index >= 15 is 0 Å². The molecule has 0 saturated heterocycles. The van der Waals surface area contributed by atoms with E-state index in [9.17, 15) is 28.8 Å². The van der Waals surface area contributed by atoms with Gasteiger partial charge in [0.25, 0.3) is 5.91 Å². The van der Waals surface area contributed by atoms with Crippen LogP contribution in [0.1, 0.15) is 26.3 Å². The topological polar surface area (TPSA) is 186 Å². The van der Waals surface area contributed by atoms with Gasteiger partial charge in [-0.15, -0.1) is 0 Å². The van der Waals surface area contributed by atoms with Crippen LogP contribution in [0.25, 0.3) is 0 Å². The third kappa shape index (κ3) is 9.67. The highest BCUT2D eigenvalue weighted by Crippen LogP contribution is 2.01. The van der Waals surface area contributed by atoms with Gasteiger partial charge in [0.05, 0.1) is 6.61 Å². The van der Waals surface area contributed by atoms with E-state index in [1.807, 2.05) is 11.5 Å². The number of hydrogen-bond donors (Lipinski definition) is 4. The molecular formula is C20H27N5O8. The van der Waals surface area contributed by atoms with Crippen molar-refractivity contribution in [3.05, 3.63) is 35.9 Å². The maximum Gasteiger partial charge on any atom is 0.408 e. The van der Waals surface area contributed by atoms with Crippen molar-refractivity contribution in [1.29, 1.82) is 0 Å². The van der Waals surface area contributed by atoms with E-state index in [4.69, 9.17) is 10.5 Å². The third-order valence-electron chi connectivity index (χ3n) is 3.95. The summed E-state index contributed by atoms with van der Waals surface area (Å²) >= 11 is 0. The number of amides is 5. The maximum atomic E-state index is 12.3. The monoisotopic (exact) mass is 465 g/mol. The molecular weight excluding hydrogens is 438 g/mol. The number of ether oxygens (including phenoxy) is 2. The number of rotatable bonds is 9. The van der Waals surface area contributed by atoms with E-state index in [1.54, 1.807) is 24.3 Å². The van der Waals surface area contributed by atoms with Gasteiger partial charge in [0, 0.05) is 0 Å². The molecule has 0 aromatic heterocycles. The van der Waals surface area contributed by atoms with Crippen molar-refractivity contribution in [2.45, 2.75) is 39.5 Å². The Bertz CT molecular complexity index is 876. The van der Waals surface area contributed by atoms with E-state index in [0.29, 0.717) is 5.01 Å². The maximum absolute atomic E-state index is 12.3. The van der Waals surface area contributed by atoms with Gasteiger partial charge in [-0.3, -0.25) is 24.6 Å². The number of esters is 1. The minimum absolute atomic E-state index is 0.00398. The van der Waals surface area contributed by atoms with Crippen LogP contribution in [0.15, 0.2) is 30.3 Å². The predicted molar refractivity (Wildman–Crippen MR) is 113 cm³/mol. The van der Waals surface area contributed by atoms with E-state index in [-0.39, 0.29) is 13.2 Å². The number of nitrogens with one attached hydrogen (secondary N) is 3. The van der Waals surface area contributed by atoms with Crippen LogP contribution >= 0.6 is 0 Å². The molecule has 5 amide bonds. The molecule has 5 N–H and O–H groups in total. The van der Waals surface area contributed by atoms with Crippen LogP contribution in [0.2, 0.25) is 0 Å². The fraction of sp³-hybridized carbons (Fsp3) is 0.400. The average molecular weight is 465 g/mol. The van der Waals surface area contributed by atoms with Gasteiger partial charge in [-0.2, -0.15) is 0 Å². The lowest BCUT2D eigenvalue weighted by atomic mass is 10.2. The molecule has 180 valence electrons. The zero-order valence-electron chi connectivity index (χ0n) is 18.5. The van der Waals surface area contributed by atoms with Gasteiger partial charge >= 0.3 is 18.0 Å². The van der Waals surface area contributed by atoms with E-state index in [0.717, 1.165) is 5.56 Å². The second-order valence-electron chi connectivity index (χ2n) is 6.71. The van der Waals surface area contributed by atoms with Crippen LogP contribution in [0.5, 0.6) is 0 Å². The Hall–Kier alpha value is -4.16. The van der Waals surface area contributed by atoms with Crippen molar-refractivity contribution in [3.8, 4) is 0 Å². The lowest BCUT2D eigenvalue weighted by molar-refractivity contribution is -0.163. The largest absolute Gasteiger partial charge is 0.459 e. The second-order valence-corrected chi connectivity index (χ2v) is 6.71. The Labute approximate surface area is 189 Å². The molecule has 0 heterocycles. The van der Waals surface area contributed by atoms with Crippen molar-refractivity contribution >= 4 is 35.7 Å². The van der Waals surface area contributed by atoms with Crippen molar-refractivity contribution in [2.75, 3.05) is 13.2 Å². The van der Waals surface area contributed by atoms with Crippen LogP contribution in [0.3, 0.4) is 0 Å². The fourth-order valence-electron chi connectivity index (χ4n) is 2.26. The number of nitrogens with two attached hydrogens (primary N) is 1. The molecule has 1 aromatic carbocycles.